The number of methoxy groups -OCH3 is 1. The second-order valence-electron chi connectivity index (χ2n) is 8.24. The highest BCUT2D eigenvalue weighted by molar-refractivity contribution is 9.10. The number of hydrogen-bond donors (Lipinski definition) is 1. The number of hydrogen-bond acceptors (Lipinski definition) is 5. The van der Waals surface area contributed by atoms with Crippen molar-refractivity contribution in [2.75, 3.05) is 7.11 Å². The number of allylic oxidation sites excluding steroid dienone is 2. The Kier molecular flexibility index (Phi) is 5.84. The Hall–Kier alpha value is -3.64. The Morgan fingerprint density at radius 1 is 0.971 bits per heavy atom. The van der Waals surface area contributed by atoms with E-state index in [1.807, 2.05) is 79.7 Å². The second-order valence-corrected chi connectivity index (χ2v) is 9.15. The molecule has 3 aromatic rings. The van der Waals surface area contributed by atoms with Gasteiger partial charge in [0, 0.05) is 32.8 Å². The number of Topliss-reactive ketones (excluding diaryl/α,β-unsaturated/α-hetero) is 1. The minimum atomic E-state index is -0.538. The van der Waals surface area contributed by atoms with E-state index in [1.165, 1.54) is 7.11 Å². The van der Waals surface area contributed by atoms with E-state index in [2.05, 4.69) is 21.2 Å². The third-order valence-corrected chi connectivity index (χ3v) is 6.72. The van der Waals surface area contributed by atoms with Crippen molar-refractivity contribution in [3.05, 3.63) is 116 Å². The van der Waals surface area contributed by atoms with Gasteiger partial charge in [0.25, 0.3) is 0 Å². The van der Waals surface area contributed by atoms with Crippen molar-refractivity contribution in [3.63, 3.8) is 0 Å². The quantitative estimate of drug-likeness (QED) is 0.437. The van der Waals surface area contributed by atoms with Crippen LogP contribution in [0.25, 0.3) is 5.70 Å². The van der Waals surface area contributed by atoms with Crippen molar-refractivity contribution in [1.29, 1.82) is 0 Å². The number of carbonyl (C=O) groups excluding carboxylic acids is 2. The second kappa shape index (κ2) is 8.95. The van der Waals surface area contributed by atoms with Crippen LogP contribution in [-0.2, 0) is 16.1 Å². The molecule has 6 heteroatoms. The number of benzene rings is 3. The summed E-state index contributed by atoms with van der Waals surface area (Å²) in [5.41, 5.74) is 5.81. The van der Waals surface area contributed by atoms with E-state index in [1.54, 1.807) is 0 Å². The summed E-state index contributed by atoms with van der Waals surface area (Å²) in [5, 5.41) is 3.29. The van der Waals surface area contributed by atoms with Gasteiger partial charge in [0.15, 0.2) is 5.78 Å². The fraction of sp³-hybridized carbons (Fsp3) is 0.143. The molecule has 0 fully saturated rings. The van der Waals surface area contributed by atoms with Crippen LogP contribution in [0.3, 0.4) is 0 Å². The van der Waals surface area contributed by atoms with Gasteiger partial charge in [-0.1, -0.05) is 64.5 Å². The van der Waals surface area contributed by atoms with Gasteiger partial charge < -0.3 is 14.8 Å². The van der Waals surface area contributed by atoms with E-state index in [0.29, 0.717) is 34.8 Å². The van der Waals surface area contributed by atoms with E-state index in [9.17, 15) is 9.59 Å². The van der Waals surface area contributed by atoms with Gasteiger partial charge in [-0.25, -0.2) is 4.79 Å². The lowest BCUT2D eigenvalue weighted by Gasteiger charge is -2.29. The number of carbonyl (C=O) groups is 2. The standard InChI is InChI=1S/C28H22BrNO4/c1-16-23(28(32)33-2)24(25-26(30-16)21-5-3-4-6-22(21)27(25)31)18-9-13-20(14-10-18)34-15-17-7-11-19(29)12-8-17/h3-14,24,30H,15H2,1-2H3/t24-/m1/s1. The number of esters is 1. The van der Waals surface area contributed by atoms with Crippen LogP contribution in [0.2, 0.25) is 0 Å². The molecule has 0 spiro atoms. The molecule has 0 saturated heterocycles. The molecule has 0 amide bonds. The first-order valence-electron chi connectivity index (χ1n) is 10.9. The zero-order chi connectivity index (χ0) is 23.8. The first kappa shape index (κ1) is 22.2. The number of dihydropyridines is 1. The molecule has 170 valence electrons. The van der Waals surface area contributed by atoms with E-state index in [0.717, 1.165) is 26.9 Å². The summed E-state index contributed by atoms with van der Waals surface area (Å²) in [7, 11) is 1.36. The van der Waals surface area contributed by atoms with Crippen molar-refractivity contribution in [1.82, 2.24) is 5.32 Å². The van der Waals surface area contributed by atoms with E-state index in [-0.39, 0.29) is 5.78 Å². The molecular weight excluding hydrogens is 494 g/mol. The fourth-order valence-electron chi connectivity index (χ4n) is 4.55. The van der Waals surface area contributed by atoms with E-state index < -0.39 is 11.9 Å². The number of nitrogens with one attached hydrogen (secondary N) is 1. The average Bonchev–Trinajstić information content (AvgIpc) is 3.14. The summed E-state index contributed by atoms with van der Waals surface area (Å²) >= 11 is 3.44. The van der Waals surface area contributed by atoms with Crippen LogP contribution >= 0.6 is 15.9 Å². The maximum atomic E-state index is 13.4. The van der Waals surface area contributed by atoms with Gasteiger partial charge in [-0.05, 0) is 42.3 Å². The van der Waals surface area contributed by atoms with Crippen molar-refractivity contribution in [3.8, 4) is 5.75 Å². The Morgan fingerprint density at radius 3 is 2.32 bits per heavy atom. The molecule has 1 aliphatic carbocycles. The highest BCUT2D eigenvalue weighted by atomic mass is 79.9. The highest BCUT2D eigenvalue weighted by Crippen LogP contribution is 2.46. The van der Waals surface area contributed by atoms with Crippen LogP contribution in [0.1, 0.15) is 39.9 Å². The predicted octanol–water partition coefficient (Wildman–Crippen LogP) is 5.77. The molecule has 0 bridgehead atoms. The Bertz CT molecular complexity index is 1350. The summed E-state index contributed by atoms with van der Waals surface area (Å²) in [6.07, 6.45) is 0. The Morgan fingerprint density at radius 2 is 1.65 bits per heavy atom. The highest BCUT2D eigenvalue weighted by Gasteiger charge is 2.42. The SMILES string of the molecule is COC(=O)C1=C(C)NC2=C(C(=O)c3ccccc32)[C@@H]1c1ccc(OCc2ccc(Br)cc2)cc1. The van der Waals surface area contributed by atoms with Crippen LogP contribution < -0.4 is 10.1 Å². The third kappa shape index (κ3) is 3.84. The van der Waals surface area contributed by atoms with Crippen molar-refractivity contribution < 1.29 is 19.1 Å². The molecule has 1 N–H and O–H groups in total. The topological polar surface area (TPSA) is 64.6 Å². The third-order valence-electron chi connectivity index (χ3n) is 6.19. The van der Waals surface area contributed by atoms with Crippen LogP contribution in [-0.4, -0.2) is 18.9 Å². The lowest BCUT2D eigenvalue weighted by atomic mass is 9.80. The van der Waals surface area contributed by atoms with E-state index in [4.69, 9.17) is 9.47 Å². The van der Waals surface area contributed by atoms with Gasteiger partial charge in [0.2, 0.25) is 0 Å². The fourth-order valence-corrected chi connectivity index (χ4v) is 4.81. The minimum Gasteiger partial charge on any atom is -0.489 e. The van der Waals surface area contributed by atoms with Gasteiger partial charge >= 0.3 is 5.97 Å². The number of ether oxygens (including phenoxy) is 2. The van der Waals surface area contributed by atoms with Gasteiger partial charge in [-0.3, -0.25) is 4.79 Å². The lowest BCUT2D eigenvalue weighted by Crippen LogP contribution is -2.29. The smallest absolute Gasteiger partial charge is 0.336 e. The molecule has 2 aliphatic rings. The maximum Gasteiger partial charge on any atom is 0.336 e. The molecule has 0 unspecified atom stereocenters. The first-order chi connectivity index (χ1) is 16.5. The molecule has 1 atom stereocenters. The molecule has 5 rings (SSSR count). The average molecular weight is 516 g/mol. The van der Waals surface area contributed by atoms with Crippen molar-refractivity contribution >= 4 is 33.4 Å². The summed E-state index contributed by atoms with van der Waals surface area (Å²) < 4.78 is 12.1. The van der Waals surface area contributed by atoms with Crippen LogP contribution in [0.4, 0.5) is 0 Å². The normalized spacial score (nSPS) is 16.7. The van der Waals surface area contributed by atoms with E-state index >= 15 is 0 Å². The van der Waals surface area contributed by atoms with Crippen molar-refractivity contribution in [2.24, 2.45) is 0 Å². The molecule has 0 aromatic heterocycles. The predicted molar refractivity (Wildman–Crippen MR) is 133 cm³/mol. The zero-order valence-electron chi connectivity index (χ0n) is 18.7. The summed E-state index contributed by atoms with van der Waals surface area (Å²) in [5.74, 6) is -0.367. The molecule has 1 heterocycles. The first-order valence-corrected chi connectivity index (χ1v) is 11.7. The summed E-state index contributed by atoms with van der Waals surface area (Å²) in [6.45, 7) is 2.28. The zero-order valence-corrected chi connectivity index (χ0v) is 20.3. The largest absolute Gasteiger partial charge is 0.489 e. The van der Waals surface area contributed by atoms with Crippen LogP contribution in [0.15, 0.2) is 94.1 Å². The molecule has 1 aliphatic heterocycles. The molecule has 34 heavy (non-hydrogen) atoms. The van der Waals surface area contributed by atoms with Gasteiger partial charge in [0.1, 0.15) is 12.4 Å². The molecule has 0 saturated carbocycles. The number of rotatable bonds is 5. The number of ketones is 1. The van der Waals surface area contributed by atoms with Crippen LogP contribution in [0, 0.1) is 0 Å². The Labute approximate surface area is 206 Å². The lowest BCUT2D eigenvalue weighted by molar-refractivity contribution is -0.136. The number of fused-ring (bicyclic) bond motifs is 2. The molecule has 5 nitrogen and oxygen atoms in total. The summed E-state index contributed by atoms with van der Waals surface area (Å²) in [4.78, 5) is 26.2. The summed E-state index contributed by atoms with van der Waals surface area (Å²) in [6, 6.07) is 23.0. The van der Waals surface area contributed by atoms with Gasteiger partial charge in [0.05, 0.1) is 18.4 Å². The van der Waals surface area contributed by atoms with Crippen molar-refractivity contribution in [2.45, 2.75) is 19.4 Å². The minimum absolute atomic E-state index is 0.0763. The number of halogens is 1. The maximum absolute atomic E-state index is 13.4. The molecule has 3 aromatic carbocycles. The molecule has 0 radical (unpaired) electrons. The van der Waals surface area contributed by atoms with Gasteiger partial charge in [-0.15, -0.1) is 0 Å². The van der Waals surface area contributed by atoms with Crippen LogP contribution in [0.5, 0.6) is 5.75 Å². The van der Waals surface area contributed by atoms with Gasteiger partial charge in [-0.2, -0.15) is 0 Å². The Balaban J connectivity index is 1.49. The monoisotopic (exact) mass is 515 g/mol. The molecular formula is C28H22BrNO4.